The van der Waals surface area contributed by atoms with Gasteiger partial charge in [0, 0.05) is 48.5 Å². The predicted molar refractivity (Wildman–Crippen MR) is 88.3 cm³/mol. The molecule has 0 saturated carbocycles. The van der Waals surface area contributed by atoms with Crippen molar-refractivity contribution in [1.29, 1.82) is 0 Å². The summed E-state index contributed by atoms with van der Waals surface area (Å²) in [5.74, 6) is 0. The molecule has 1 atom stereocenters. The maximum absolute atomic E-state index is 3.48. The molecule has 0 spiro atoms. The highest BCUT2D eigenvalue weighted by atomic mass is 32.1. The van der Waals surface area contributed by atoms with Gasteiger partial charge in [-0.15, -0.1) is 11.3 Å². The second-order valence-corrected chi connectivity index (χ2v) is 7.01. The van der Waals surface area contributed by atoms with Crippen LogP contribution in [-0.2, 0) is 13.1 Å². The molecule has 2 heterocycles. The van der Waals surface area contributed by atoms with E-state index in [0.717, 1.165) is 19.6 Å². The summed E-state index contributed by atoms with van der Waals surface area (Å²) in [7, 11) is 0. The fraction of sp³-hybridized carbons (Fsp3) is 0.750. The Morgan fingerprint density at radius 1 is 1.25 bits per heavy atom. The summed E-state index contributed by atoms with van der Waals surface area (Å²) in [6, 6.07) is 5.29. The van der Waals surface area contributed by atoms with E-state index in [1.165, 1.54) is 42.4 Å². The van der Waals surface area contributed by atoms with Gasteiger partial charge in [-0.2, -0.15) is 0 Å². The van der Waals surface area contributed by atoms with Crippen LogP contribution in [-0.4, -0.2) is 48.6 Å². The van der Waals surface area contributed by atoms with Crippen molar-refractivity contribution in [2.45, 2.75) is 46.3 Å². The number of nitrogens with zero attached hydrogens (tertiary/aromatic N) is 2. The third-order valence-corrected chi connectivity index (χ3v) is 5.15. The Labute approximate surface area is 128 Å². The first kappa shape index (κ1) is 16.0. The number of hydrogen-bond acceptors (Lipinski definition) is 4. The van der Waals surface area contributed by atoms with Crippen LogP contribution in [0.4, 0.5) is 0 Å². The molecule has 1 aromatic heterocycles. The van der Waals surface area contributed by atoms with Crippen LogP contribution in [0.5, 0.6) is 0 Å². The summed E-state index contributed by atoms with van der Waals surface area (Å²) in [6.07, 6.45) is 1.21. The van der Waals surface area contributed by atoms with E-state index in [0.29, 0.717) is 6.04 Å². The molecule has 0 bridgehead atoms. The van der Waals surface area contributed by atoms with E-state index in [1.54, 1.807) is 0 Å². The van der Waals surface area contributed by atoms with Gasteiger partial charge in [-0.1, -0.05) is 13.8 Å². The molecule has 1 aliphatic rings. The second-order valence-electron chi connectivity index (χ2n) is 5.76. The number of nitrogens with one attached hydrogen (secondary N) is 1. The molecule has 1 N–H and O–H groups in total. The van der Waals surface area contributed by atoms with Gasteiger partial charge < -0.3 is 5.32 Å². The third-order valence-electron chi connectivity index (χ3n) is 4.08. The van der Waals surface area contributed by atoms with Gasteiger partial charge in [0.2, 0.25) is 0 Å². The number of thiophene rings is 1. The molecule has 0 aromatic carbocycles. The Bertz CT molecular complexity index is 391. The first-order valence-corrected chi connectivity index (χ1v) is 8.79. The van der Waals surface area contributed by atoms with Crippen molar-refractivity contribution >= 4 is 11.3 Å². The van der Waals surface area contributed by atoms with Crippen LogP contribution in [0.3, 0.4) is 0 Å². The van der Waals surface area contributed by atoms with Gasteiger partial charge in [0.15, 0.2) is 0 Å². The fourth-order valence-electron chi connectivity index (χ4n) is 2.90. The molecule has 3 nitrogen and oxygen atoms in total. The van der Waals surface area contributed by atoms with Crippen molar-refractivity contribution in [2.75, 3.05) is 32.7 Å². The lowest BCUT2D eigenvalue weighted by Crippen LogP contribution is -2.51. The SMILES string of the molecule is CCCNCc1ccc(CN2CCN(CC)C(C)C2)s1. The minimum Gasteiger partial charge on any atom is -0.312 e. The minimum atomic E-state index is 0.694. The van der Waals surface area contributed by atoms with Gasteiger partial charge in [0.1, 0.15) is 0 Å². The van der Waals surface area contributed by atoms with Crippen molar-refractivity contribution in [3.63, 3.8) is 0 Å². The van der Waals surface area contributed by atoms with Gasteiger partial charge >= 0.3 is 0 Å². The van der Waals surface area contributed by atoms with E-state index in [9.17, 15) is 0 Å². The highest BCUT2D eigenvalue weighted by molar-refractivity contribution is 7.11. The van der Waals surface area contributed by atoms with Gasteiger partial charge in [-0.25, -0.2) is 0 Å². The molecule has 1 unspecified atom stereocenters. The maximum Gasteiger partial charge on any atom is 0.0329 e. The second kappa shape index (κ2) is 8.13. The van der Waals surface area contributed by atoms with Crippen LogP contribution in [0.15, 0.2) is 12.1 Å². The van der Waals surface area contributed by atoms with Crippen LogP contribution >= 0.6 is 11.3 Å². The molecule has 1 aromatic rings. The Kier molecular flexibility index (Phi) is 6.49. The highest BCUT2D eigenvalue weighted by Crippen LogP contribution is 2.20. The predicted octanol–water partition coefficient (Wildman–Crippen LogP) is 2.77. The molecular formula is C16H29N3S. The zero-order valence-electron chi connectivity index (χ0n) is 13.2. The molecule has 0 amide bonds. The molecule has 0 aliphatic carbocycles. The lowest BCUT2D eigenvalue weighted by atomic mass is 10.2. The van der Waals surface area contributed by atoms with Gasteiger partial charge in [0.05, 0.1) is 0 Å². The van der Waals surface area contributed by atoms with Crippen molar-refractivity contribution in [1.82, 2.24) is 15.1 Å². The third kappa shape index (κ3) is 4.55. The number of hydrogen-bond donors (Lipinski definition) is 1. The molecule has 1 aliphatic heterocycles. The van der Waals surface area contributed by atoms with E-state index < -0.39 is 0 Å². The standard InChI is InChI=1S/C16H29N3S/c1-4-8-17-11-15-6-7-16(20-15)13-18-9-10-19(5-2)14(3)12-18/h6-7,14,17H,4-5,8-13H2,1-3H3. The summed E-state index contributed by atoms with van der Waals surface area (Å²) in [5.41, 5.74) is 0. The van der Waals surface area contributed by atoms with Gasteiger partial charge in [-0.3, -0.25) is 9.80 Å². The lowest BCUT2D eigenvalue weighted by molar-refractivity contribution is 0.0841. The fourth-order valence-corrected chi connectivity index (χ4v) is 3.93. The maximum atomic E-state index is 3.48. The summed E-state index contributed by atoms with van der Waals surface area (Å²) < 4.78 is 0. The van der Waals surface area contributed by atoms with Gasteiger partial charge in [0.25, 0.3) is 0 Å². The molecular weight excluding hydrogens is 266 g/mol. The monoisotopic (exact) mass is 295 g/mol. The Morgan fingerprint density at radius 2 is 2.05 bits per heavy atom. The van der Waals surface area contributed by atoms with Crippen molar-refractivity contribution in [3.8, 4) is 0 Å². The van der Waals surface area contributed by atoms with E-state index in [-0.39, 0.29) is 0 Å². The average molecular weight is 295 g/mol. The van der Waals surface area contributed by atoms with Crippen LogP contribution in [0.1, 0.15) is 36.9 Å². The normalized spacial score (nSPS) is 21.4. The molecule has 1 saturated heterocycles. The molecule has 1 fully saturated rings. The topological polar surface area (TPSA) is 18.5 Å². The van der Waals surface area contributed by atoms with Gasteiger partial charge in [-0.05, 0) is 38.6 Å². The number of piperazine rings is 1. The minimum absolute atomic E-state index is 0.694. The van der Waals surface area contributed by atoms with Crippen LogP contribution in [0.2, 0.25) is 0 Å². The molecule has 4 heteroatoms. The first-order valence-electron chi connectivity index (χ1n) is 7.97. The number of likely N-dealkylation sites (N-methyl/N-ethyl adjacent to an activating group) is 1. The lowest BCUT2D eigenvalue weighted by Gasteiger charge is -2.39. The highest BCUT2D eigenvalue weighted by Gasteiger charge is 2.22. The summed E-state index contributed by atoms with van der Waals surface area (Å²) in [4.78, 5) is 8.15. The summed E-state index contributed by atoms with van der Waals surface area (Å²) >= 11 is 1.97. The smallest absolute Gasteiger partial charge is 0.0329 e. The van der Waals surface area contributed by atoms with E-state index >= 15 is 0 Å². The summed E-state index contributed by atoms with van der Waals surface area (Å²) in [5, 5.41) is 3.48. The first-order chi connectivity index (χ1) is 9.72. The van der Waals surface area contributed by atoms with Crippen molar-refractivity contribution < 1.29 is 0 Å². The Morgan fingerprint density at radius 3 is 2.75 bits per heavy atom. The quantitative estimate of drug-likeness (QED) is 0.780. The van der Waals surface area contributed by atoms with Crippen molar-refractivity contribution in [2.24, 2.45) is 0 Å². The van der Waals surface area contributed by atoms with E-state index in [4.69, 9.17) is 0 Å². The molecule has 0 radical (unpaired) electrons. The Balaban J connectivity index is 1.79. The molecule has 20 heavy (non-hydrogen) atoms. The van der Waals surface area contributed by atoms with E-state index in [1.807, 2.05) is 11.3 Å². The number of rotatable bonds is 7. The van der Waals surface area contributed by atoms with Crippen molar-refractivity contribution in [3.05, 3.63) is 21.9 Å². The van der Waals surface area contributed by atoms with E-state index in [2.05, 4.69) is 48.0 Å². The average Bonchev–Trinajstić information content (AvgIpc) is 2.87. The zero-order valence-corrected chi connectivity index (χ0v) is 14.0. The largest absolute Gasteiger partial charge is 0.312 e. The zero-order chi connectivity index (χ0) is 14.4. The Hall–Kier alpha value is -0.420. The molecule has 114 valence electrons. The van der Waals surface area contributed by atoms with Crippen LogP contribution < -0.4 is 5.32 Å². The van der Waals surface area contributed by atoms with Crippen LogP contribution in [0, 0.1) is 0 Å². The van der Waals surface area contributed by atoms with Crippen LogP contribution in [0.25, 0.3) is 0 Å². The molecule has 2 rings (SSSR count). The summed E-state index contributed by atoms with van der Waals surface area (Å²) in [6.45, 7) is 14.9.